The van der Waals surface area contributed by atoms with E-state index in [0.717, 1.165) is 23.4 Å². The van der Waals surface area contributed by atoms with Crippen molar-refractivity contribution in [3.63, 3.8) is 0 Å². The van der Waals surface area contributed by atoms with E-state index < -0.39 is 17.4 Å². The highest BCUT2D eigenvalue weighted by Crippen LogP contribution is 2.47. The van der Waals surface area contributed by atoms with Gasteiger partial charge >= 0.3 is 12.2 Å². The fraction of sp³-hybridized carbons (Fsp3) is 0.500. The summed E-state index contributed by atoms with van der Waals surface area (Å²) in [5.41, 5.74) is 0.675. The molecule has 2 aliphatic rings. The second kappa shape index (κ2) is 7.97. The Morgan fingerprint density at radius 1 is 1.06 bits per heavy atom. The van der Waals surface area contributed by atoms with Crippen molar-refractivity contribution in [2.75, 3.05) is 25.5 Å². The fourth-order valence-electron chi connectivity index (χ4n) is 5.31. The smallest absolute Gasteiger partial charge is 0.330 e. The largest absolute Gasteiger partial charge is 0.433 e. The zero-order chi connectivity index (χ0) is 24.2. The van der Waals surface area contributed by atoms with Crippen molar-refractivity contribution < 1.29 is 22.4 Å². The number of amides is 2. The lowest BCUT2D eigenvalue weighted by Gasteiger charge is -2.48. The molecule has 0 unspecified atom stereocenters. The van der Waals surface area contributed by atoms with E-state index in [1.165, 1.54) is 11.0 Å². The molecule has 178 valence electrons. The third-order valence-electron chi connectivity index (χ3n) is 7.21. The second-order valence-corrected chi connectivity index (χ2v) is 9.59. The highest BCUT2D eigenvalue weighted by molar-refractivity contribution is 5.96. The Balaban J connectivity index is 1.57. The van der Waals surface area contributed by atoms with Gasteiger partial charge in [-0.15, -0.1) is 0 Å². The van der Waals surface area contributed by atoms with E-state index in [4.69, 9.17) is 0 Å². The molecule has 2 aromatic rings. The van der Waals surface area contributed by atoms with Crippen LogP contribution in [0.2, 0.25) is 0 Å². The van der Waals surface area contributed by atoms with E-state index in [-0.39, 0.29) is 17.4 Å². The van der Waals surface area contributed by atoms with Crippen LogP contribution < -0.4 is 10.2 Å². The Labute approximate surface area is 190 Å². The predicted octanol–water partition coefficient (Wildman–Crippen LogP) is 5.16. The number of carbonyl (C=O) groups excluding carboxylic acids is 1. The molecule has 1 aliphatic carbocycles. The molecule has 9 heteroatoms. The molecule has 1 spiro atoms. The molecule has 1 aromatic carbocycles. The Morgan fingerprint density at radius 3 is 2.27 bits per heavy atom. The zero-order valence-corrected chi connectivity index (χ0v) is 19.2. The quantitative estimate of drug-likeness (QED) is 0.639. The number of benzene rings is 1. The lowest BCUT2D eigenvalue weighted by molar-refractivity contribution is -0.141. The fourth-order valence-corrected chi connectivity index (χ4v) is 5.31. The molecular weight excluding hydrogens is 436 g/mol. The third-order valence-corrected chi connectivity index (χ3v) is 7.21. The van der Waals surface area contributed by atoms with Crippen LogP contribution in [-0.2, 0) is 11.7 Å². The van der Waals surface area contributed by atoms with Gasteiger partial charge in [0.15, 0.2) is 0 Å². The van der Waals surface area contributed by atoms with Crippen LogP contribution in [-0.4, -0.2) is 42.1 Å². The van der Waals surface area contributed by atoms with Crippen LogP contribution in [0.15, 0.2) is 30.5 Å². The summed E-state index contributed by atoms with van der Waals surface area (Å²) in [6.45, 7) is 3.77. The maximum atomic E-state index is 14.2. The van der Waals surface area contributed by atoms with Gasteiger partial charge in [0.25, 0.3) is 0 Å². The molecule has 2 amide bonds. The highest BCUT2D eigenvalue weighted by atomic mass is 19.4. The molecule has 1 N–H and O–H groups in total. The van der Waals surface area contributed by atoms with Crippen molar-refractivity contribution >= 4 is 11.7 Å². The summed E-state index contributed by atoms with van der Waals surface area (Å²) in [5.74, 6) is -0.267. The number of carbonyl (C=O) groups is 1. The van der Waals surface area contributed by atoms with Gasteiger partial charge < -0.3 is 5.32 Å². The third kappa shape index (κ3) is 4.18. The van der Waals surface area contributed by atoms with Crippen molar-refractivity contribution in [3.8, 4) is 0 Å². The van der Waals surface area contributed by atoms with Gasteiger partial charge in [-0.25, -0.2) is 14.2 Å². The molecule has 0 atom stereocenters. The lowest BCUT2D eigenvalue weighted by Crippen LogP contribution is -2.54. The number of nitrogens with one attached hydrogen (secondary N) is 1. The van der Waals surface area contributed by atoms with Gasteiger partial charge in [0.05, 0.1) is 24.0 Å². The Morgan fingerprint density at radius 2 is 1.73 bits per heavy atom. The van der Waals surface area contributed by atoms with Crippen molar-refractivity contribution in [3.05, 3.63) is 58.7 Å². The molecule has 1 aliphatic heterocycles. The summed E-state index contributed by atoms with van der Waals surface area (Å²) in [6.07, 6.45) is -0.667. The standard InChI is InChI=1S/C24H28F4N4O/c1-15-9-17(12-18(25)10-15)23(31(3)4)7-5-22(6-8-23)14-32(21(33)30-22)19-13-29-20(11-16(19)2)24(26,27)28/h9-13H,5-8,14H2,1-4H3,(H,30,33). The first-order valence-electron chi connectivity index (χ1n) is 10.9. The van der Waals surface area contributed by atoms with Crippen LogP contribution in [0.5, 0.6) is 0 Å². The lowest BCUT2D eigenvalue weighted by atomic mass is 9.68. The topological polar surface area (TPSA) is 48.5 Å². The number of alkyl halides is 3. The van der Waals surface area contributed by atoms with Crippen LogP contribution in [0.4, 0.5) is 28.0 Å². The number of hydrogen-bond acceptors (Lipinski definition) is 3. The highest BCUT2D eigenvalue weighted by Gasteiger charge is 2.50. The molecule has 0 bridgehead atoms. The van der Waals surface area contributed by atoms with Gasteiger partial charge in [-0.2, -0.15) is 13.2 Å². The van der Waals surface area contributed by atoms with Crippen LogP contribution in [0.25, 0.3) is 0 Å². The first-order chi connectivity index (χ1) is 15.4. The summed E-state index contributed by atoms with van der Waals surface area (Å²) in [4.78, 5) is 20.0. The first-order valence-corrected chi connectivity index (χ1v) is 10.9. The molecule has 33 heavy (non-hydrogen) atoms. The normalized spacial score (nSPS) is 25.7. The Hall–Kier alpha value is -2.68. The van der Waals surface area contributed by atoms with Crippen molar-refractivity contribution in [2.45, 2.75) is 56.8 Å². The summed E-state index contributed by atoms with van der Waals surface area (Å²) in [5, 5.41) is 3.09. The average Bonchev–Trinajstić information content (AvgIpc) is 3.02. The van der Waals surface area contributed by atoms with Crippen LogP contribution >= 0.6 is 0 Å². The number of halogens is 4. The van der Waals surface area contributed by atoms with E-state index >= 15 is 0 Å². The minimum Gasteiger partial charge on any atom is -0.330 e. The van der Waals surface area contributed by atoms with Crippen LogP contribution in [0.1, 0.15) is 48.1 Å². The SMILES string of the molecule is Cc1cc(F)cc(C2(N(C)C)CCC3(CC2)CN(c2cnc(C(F)(F)F)cc2C)C(=O)N3)c1. The molecule has 1 aromatic heterocycles. The number of nitrogens with zero attached hydrogens (tertiary/aromatic N) is 3. The monoisotopic (exact) mass is 464 g/mol. The second-order valence-electron chi connectivity index (χ2n) is 9.59. The molecule has 2 fully saturated rings. The van der Waals surface area contributed by atoms with E-state index in [1.54, 1.807) is 13.0 Å². The van der Waals surface area contributed by atoms with Crippen molar-refractivity contribution in [2.24, 2.45) is 0 Å². The predicted molar refractivity (Wildman–Crippen MR) is 118 cm³/mol. The van der Waals surface area contributed by atoms with Gasteiger partial charge in [-0.3, -0.25) is 9.80 Å². The number of urea groups is 1. The number of hydrogen-bond donors (Lipinski definition) is 1. The summed E-state index contributed by atoms with van der Waals surface area (Å²) >= 11 is 0. The van der Waals surface area contributed by atoms with Crippen LogP contribution in [0, 0.1) is 19.7 Å². The minimum atomic E-state index is -4.54. The van der Waals surface area contributed by atoms with Gasteiger partial charge in [-0.05, 0) is 88.5 Å². The van der Waals surface area contributed by atoms with Crippen molar-refractivity contribution in [1.29, 1.82) is 0 Å². The maximum absolute atomic E-state index is 14.2. The molecule has 1 saturated carbocycles. The number of pyridine rings is 1. The van der Waals surface area contributed by atoms with Gasteiger partial charge in [0, 0.05) is 5.54 Å². The van der Waals surface area contributed by atoms with E-state index in [1.807, 2.05) is 27.1 Å². The molecule has 2 heterocycles. The van der Waals surface area contributed by atoms with Gasteiger partial charge in [0.1, 0.15) is 11.5 Å². The zero-order valence-electron chi connectivity index (χ0n) is 19.2. The molecular formula is C24H28F4N4O. The summed E-state index contributed by atoms with van der Waals surface area (Å²) < 4.78 is 53.1. The van der Waals surface area contributed by atoms with Gasteiger partial charge in [0.2, 0.25) is 0 Å². The molecule has 4 rings (SSSR count). The maximum Gasteiger partial charge on any atom is 0.433 e. The van der Waals surface area contributed by atoms with E-state index in [9.17, 15) is 22.4 Å². The number of rotatable bonds is 3. The molecule has 0 radical (unpaired) electrons. The van der Waals surface area contributed by atoms with E-state index in [0.29, 0.717) is 43.5 Å². The summed E-state index contributed by atoms with van der Waals surface area (Å²) in [6, 6.07) is 5.74. The van der Waals surface area contributed by atoms with Crippen molar-refractivity contribution in [1.82, 2.24) is 15.2 Å². The molecule has 1 saturated heterocycles. The molecule has 5 nitrogen and oxygen atoms in total. The average molecular weight is 465 g/mol. The number of anilines is 1. The van der Waals surface area contributed by atoms with E-state index in [2.05, 4.69) is 15.2 Å². The van der Waals surface area contributed by atoms with Gasteiger partial charge in [-0.1, -0.05) is 6.07 Å². The summed E-state index contributed by atoms with van der Waals surface area (Å²) in [7, 11) is 3.96. The Kier molecular flexibility index (Phi) is 5.67. The number of aromatic nitrogens is 1. The minimum absolute atomic E-state index is 0.267. The Bertz CT molecular complexity index is 1050. The van der Waals surface area contributed by atoms with Crippen LogP contribution in [0.3, 0.4) is 0 Å². The number of aryl methyl sites for hydroxylation is 2. The first kappa shape index (κ1) is 23.5.